The Morgan fingerprint density at radius 2 is 1.90 bits per heavy atom. The summed E-state index contributed by atoms with van der Waals surface area (Å²) in [5.41, 5.74) is 3.30. The van der Waals surface area contributed by atoms with E-state index in [1.54, 1.807) is 0 Å². The third-order valence-electron chi connectivity index (χ3n) is 5.38. The number of ether oxygens (including phenoxy) is 2. The molecule has 1 heterocycles. The fourth-order valence-electron chi connectivity index (χ4n) is 3.70. The van der Waals surface area contributed by atoms with E-state index in [1.807, 2.05) is 32.0 Å². The lowest BCUT2D eigenvalue weighted by molar-refractivity contribution is -0.151. The van der Waals surface area contributed by atoms with E-state index in [1.165, 1.54) is 0 Å². The summed E-state index contributed by atoms with van der Waals surface area (Å²) < 4.78 is 10.5. The highest BCUT2D eigenvalue weighted by molar-refractivity contribution is 6.08. The van der Waals surface area contributed by atoms with Crippen molar-refractivity contribution in [2.45, 2.75) is 57.9 Å². The molecule has 1 saturated heterocycles. The van der Waals surface area contributed by atoms with Gasteiger partial charge in [0, 0.05) is 0 Å². The van der Waals surface area contributed by atoms with E-state index >= 15 is 0 Å². The van der Waals surface area contributed by atoms with Crippen LogP contribution in [-0.4, -0.2) is 47.6 Å². The van der Waals surface area contributed by atoms with Crippen molar-refractivity contribution in [1.82, 2.24) is 15.8 Å². The van der Waals surface area contributed by atoms with E-state index in [0.29, 0.717) is 23.6 Å². The van der Waals surface area contributed by atoms with Gasteiger partial charge in [0.15, 0.2) is 6.61 Å². The molecule has 9 nitrogen and oxygen atoms in total. The number of rotatable bonds is 7. The molecule has 4 amide bonds. The fourth-order valence-corrected chi connectivity index (χ4v) is 3.70. The van der Waals surface area contributed by atoms with Crippen LogP contribution in [0, 0.1) is 13.8 Å². The monoisotopic (exact) mass is 417 g/mol. The molecular formula is C21H27N3O6. The predicted octanol–water partition coefficient (Wildman–Crippen LogP) is 1.90. The van der Waals surface area contributed by atoms with Crippen LogP contribution in [0.1, 0.15) is 49.7 Å². The first-order valence-electron chi connectivity index (χ1n) is 10.1. The molecule has 0 radical (unpaired) electrons. The standard InChI is InChI=1S/C21H27N3O6/c1-14-6-7-15(2)16(12-14)29-11-8-18(26)30-13-17(25)23-24-19(27)21(22-20(24)28)9-4-3-5-10-21/h6-7,12H,3-5,8-11,13H2,1-2H3,(H,22,28)(H,23,25). The SMILES string of the molecule is Cc1ccc(C)c(OCCC(=O)OCC(=O)NN2C(=O)NC3(CCCCC3)C2=O)c1. The molecule has 3 rings (SSSR count). The lowest BCUT2D eigenvalue weighted by atomic mass is 9.82. The van der Waals surface area contributed by atoms with Gasteiger partial charge < -0.3 is 14.8 Å². The lowest BCUT2D eigenvalue weighted by Crippen LogP contribution is -2.51. The minimum absolute atomic E-state index is 0.0348. The van der Waals surface area contributed by atoms with Gasteiger partial charge in [0.25, 0.3) is 11.8 Å². The van der Waals surface area contributed by atoms with Crippen molar-refractivity contribution in [2.75, 3.05) is 13.2 Å². The highest BCUT2D eigenvalue weighted by Crippen LogP contribution is 2.32. The van der Waals surface area contributed by atoms with Crippen molar-refractivity contribution in [3.8, 4) is 5.75 Å². The number of carbonyl (C=O) groups is 4. The average molecular weight is 417 g/mol. The van der Waals surface area contributed by atoms with Gasteiger partial charge in [-0.3, -0.25) is 19.8 Å². The van der Waals surface area contributed by atoms with Gasteiger partial charge in [0.05, 0.1) is 13.0 Å². The Hall–Kier alpha value is -3.10. The number of hydrogen-bond acceptors (Lipinski definition) is 6. The third kappa shape index (κ3) is 4.90. The second-order valence-electron chi connectivity index (χ2n) is 7.78. The molecule has 162 valence electrons. The van der Waals surface area contributed by atoms with E-state index in [-0.39, 0.29) is 13.0 Å². The molecule has 0 bridgehead atoms. The van der Waals surface area contributed by atoms with Crippen LogP contribution in [-0.2, 0) is 19.1 Å². The summed E-state index contributed by atoms with van der Waals surface area (Å²) in [4.78, 5) is 48.6. The molecule has 1 aromatic carbocycles. The second-order valence-corrected chi connectivity index (χ2v) is 7.78. The molecule has 0 aromatic heterocycles. The van der Waals surface area contributed by atoms with Crippen molar-refractivity contribution in [1.29, 1.82) is 0 Å². The van der Waals surface area contributed by atoms with E-state index in [2.05, 4.69) is 10.7 Å². The molecule has 1 aliphatic carbocycles. The summed E-state index contributed by atoms with van der Waals surface area (Å²) in [6.45, 7) is 3.37. The second kappa shape index (κ2) is 9.15. The van der Waals surface area contributed by atoms with Gasteiger partial charge in [-0.2, -0.15) is 5.01 Å². The number of hydrogen-bond donors (Lipinski definition) is 2. The van der Waals surface area contributed by atoms with Crippen molar-refractivity contribution >= 4 is 23.8 Å². The number of urea groups is 1. The van der Waals surface area contributed by atoms with E-state index < -0.39 is 36.0 Å². The lowest BCUT2D eigenvalue weighted by Gasteiger charge is -2.30. The smallest absolute Gasteiger partial charge is 0.344 e. The Balaban J connectivity index is 1.41. The van der Waals surface area contributed by atoms with Crippen LogP contribution < -0.4 is 15.5 Å². The van der Waals surface area contributed by atoms with Gasteiger partial charge in [-0.25, -0.2) is 4.79 Å². The molecule has 2 N–H and O–H groups in total. The van der Waals surface area contributed by atoms with Gasteiger partial charge in [-0.1, -0.05) is 31.4 Å². The fraction of sp³-hybridized carbons (Fsp3) is 0.524. The third-order valence-corrected chi connectivity index (χ3v) is 5.38. The first-order valence-corrected chi connectivity index (χ1v) is 10.1. The topological polar surface area (TPSA) is 114 Å². The maximum absolute atomic E-state index is 12.6. The molecular weight excluding hydrogens is 390 g/mol. The first kappa shape index (κ1) is 21.6. The molecule has 1 aromatic rings. The number of benzene rings is 1. The number of imide groups is 1. The zero-order chi connectivity index (χ0) is 21.7. The van der Waals surface area contributed by atoms with E-state index in [4.69, 9.17) is 9.47 Å². The highest BCUT2D eigenvalue weighted by Gasteiger charge is 2.52. The molecule has 2 aliphatic rings. The summed E-state index contributed by atoms with van der Waals surface area (Å²) in [6.07, 6.45) is 3.77. The van der Waals surface area contributed by atoms with Crippen molar-refractivity contribution in [3.63, 3.8) is 0 Å². The van der Waals surface area contributed by atoms with Crippen LogP contribution >= 0.6 is 0 Å². The molecule has 1 spiro atoms. The maximum Gasteiger partial charge on any atom is 0.344 e. The summed E-state index contributed by atoms with van der Waals surface area (Å²) in [6, 6.07) is 5.12. The van der Waals surface area contributed by atoms with Gasteiger partial charge in [0.2, 0.25) is 0 Å². The van der Waals surface area contributed by atoms with E-state index in [0.717, 1.165) is 30.4 Å². The number of nitrogens with zero attached hydrogens (tertiary/aromatic N) is 1. The van der Waals surface area contributed by atoms with Crippen LogP contribution in [0.3, 0.4) is 0 Å². The molecule has 1 aliphatic heterocycles. The van der Waals surface area contributed by atoms with Gasteiger partial charge >= 0.3 is 12.0 Å². The van der Waals surface area contributed by atoms with Crippen molar-refractivity contribution in [2.24, 2.45) is 0 Å². The first-order chi connectivity index (χ1) is 14.3. The molecule has 30 heavy (non-hydrogen) atoms. The predicted molar refractivity (Wildman–Crippen MR) is 106 cm³/mol. The summed E-state index contributed by atoms with van der Waals surface area (Å²) >= 11 is 0. The number of hydrazine groups is 1. The van der Waals surface area contributed by atoms with Gasteiger partial charge in [-0.05, 0) is 43.9 Å². The van der Waals surface area contributed by atoms with E-state index in [9.17, 15) is 19.2 Å². The van der Waals surface area contributed by atoms with Crippen LogP contribution in [0.25, 0.3) is 0 Å². The summed E-state index contributed by atoms with van der Waals surface area (Å²) in [5, 5.41) is 3.38. The minimum atomic E-state index is -0.926. The molecule has 9 heteroatoms. The summed E-state index contributed by atoms with van der Waals surface area (Å²) in [7, 11) is 0. The average Bonchev–Trinajstić information content (AvgIpc) is 2.93. The molecule has 0 unspecified atom stereocenters. The van der Waals surface area contributed by atoms with Crippen molar-refractivity contribution in [3.05, 3.63) is 29.3 Å². The van der Waals surface area contributed by atoms with Gasteiger partial charge in [-0.15, -0.1) is 0 Å². The number of amides is 4. The normalized spacial score (nSPS) is 17.6. The minimum Gasteiger partial charge on any atom is -0.493 e. The Morgan fingerprint density at radius 3 is 2.63 bits per heavy atom. The van der Waals surface area contributed by atoms with Crippen molar-refractivity contribution < 1.29 is 28.7 Å². The Kier molecular flexibility index (Phi) is 6.59. The molecule has 2 fully saturated rings. The molecule has 1 saturated carbocycles. The van der Waals surface area contributed by atoms with Crippen LogP contribution in [0.4, 0.5) is 4.79 Å². The zero-order valence-corrected chi connectivity index (χ0v) is 17.3. The maximum atomic E-state index is 12.6. The Bertz CT molecular complexity index is 847. The zero-order valence-electron chi connectivity index (χ0n) is 17.3. The summed E-state index contributed by atoms with van der Waals surface area (Å²) in [5.74, 6) is -1.14. The number of carbonyl (C=O) groups excluding carboxylic acids is 4. The van der Waals surface area contributed by atoms with Crippen LogP contribution in [0.5, 0.6) is 5.75 Å². The number of esters is 1. The van der Waals surface area contributed by atoms with Gasteiger partial charge in [0.1, 0.15) is 11.3 Å². The quantitative estimate of drug-likeness (QED) is 0.517. The highest BCUT2D eigenvalue weighted by atomic mass is 16.5. The number of nitrogens with one attached hydrogen (secondary N) is 2. The molecule has 0 atom stereocenters. The Labute approximate surface area is 175 Å². The largest absolute Gasteiger partial charge is 0.493 e. The van der Waals surface area contributed by atoms with Crippen LogP contribution in [0.15, 0.2) is 18.2 Å². The number of aryl methyl sites for hydroxylation is 2. The van der Waals surface area contributed by atoms with Crippen LogP contribution in [0.2, 0.25) is 0 Å². The Morgan fingerprint density at radius 1 is 1.17 bits per heavy atom.